The van der Waals surface area contributed by atoms with Crippen molar-refractivity contribution in [1.82, 2.24) is 14.1 Å². The number of aryl methyl sites for hydroxylation is 2. The van der Waals surface area contributed by atoms with Gasteiger partial charge < -0.3 is 14.1 Å². The van der Waals surface area contributed by atoms with E-state index >= 15 is 0 Å². The first-order chi connectivity index (χ1) is 12.5. The molecular weight excluding hydrogens is 322 g/mol. The highest BCUT2D eigenvalue weighted by Crippen LogP contribution is 2.32. The van der Waals surface area contributed by atoms with Gasteiger partial charge in [0.15, 0.2) is 0 Å². The number of aromatic nitrogens is 3. The lowest BCUT2D eigenvalue weighted by Crippen LogP contribution is -2.16. The number of hydrogen-bond donors (Lipinski definition) is 1. The van der Waals surface area contributed by atoms with Gasteiger partial charge in [0, 0.05) is 53.5 Å². The summed E-state index contributed by atoms with van der Waals surface area (Å²) in [7, 11) is 1.81. The first-order valence-electron chi connectivity index (χ1n) is 9.29. The van der Waals surface area contributed by atoms with Gasteiger partial charge in [0.05, 0.1) is 0 Å². The molecule has 4 heteroatoms. The molecule has 4 aromatic rings. The Morgan fingerprint density at radius 1 is 1.15 bits per heavy atom. The minimum absolute atomic E-state index is 0.00520. The van der Waals surface area contributed by atoms with Crippen molar-refractivity contribution in [3.8, 4) is 11.1 Å². The normalized spacial score (nSPS) is 12.9. The van der Waals surface area contributed by atoms with Crippen LogP contribution in [0.3, 0.4) is 0 Å². The van der Waals surface area contributed by atoms with Crippen LogP contribution in [0.4, 0.5) is 0 Å². The summed E-state index contributed by atoms with van der Waals surface area (Å²) in [6, 6.07) is 9.09. The molecule has 1 aromatic carbocycles. The van der Waals surface area contributed by atoms with Crippen molar-refractivity contribution in [1.29, 1.82) is 0 Å². The van der Waals surface area contributed by atoms with Crippen molar-refractivity contribution in [2.24, 2.45) is 7.05 Å². The second kappa shape index (κ2) is 6.20. The van der Waals surface area contributed by atoms with Crippen molar-refractivity contribution in [3.05, 3.63) is 58.8 Å². The van der Waals surface area contributed by atoms with E-state index < -0.39 is 0 Å². The Morgan fingerprint density at radius 3 is 2.73 bits per heavy atom. The summed E-state index contributed by atoms with van der Waals surface area (Å²) >= 11 is 0. The number of aromatic amines is 1. The summed E-state index contributed by atoms with van der Waals surface area (Å²) in [5.41, 5.74) is 5.46. The van der Waals surface area contributed by atoms with E-state index in [1.165, 1.54) is 22.9 Å². The van der Waals surface area contributed by atoms with Crippen LogP contribution in [0.25, 0.3) is 32.9 Å². The molecule has 26 heavy (non-hydrogen) atoms. The van der Waals surface area contributed by atoms with Gasteiger partial charge in [0.2, 0.25) is 0 Å². The van der Waals surface area contributed by atoms with E-state index in [-0.39, 0.29) is 5.56 Å². The molecule has 3 aromatic heterocycles. The molecule has 0 aliphatic carbocycles. The van der Waals surface area contributed by atoms with E-state index in [0.717, 1.165) is 22.9 Å². The SMILES string of the molecule is CCCC(C)n1cc(C)c2ccc(-c3cn(C)c(=O)c4[nH]ccc34)cc21. The fourth-order valence-corrected chi connectivity index (χ4v) is 4.01. The number of H-pyrrole nitrogens is 1. The Labute approximate surface area is 153 Å². The molecule has 3 heterocycles. The van der Waals surface area contributed by atoms with Crippen LogP contribution in [0, 0.1) is 6.92 Å². The lowest BCUT2D eigenvalue weighted by atomic mass is 10.0. The zero-order valence-corrected chi connectivity index (χ0v) is 15.8. The first kappa shape index (κ1) is 16.7. The number of rotatable bonds is 4. The first-order valence-corrected chi connectivity index (χ1v) is 9.29. The van der Waals surface area contributed by atoms with E-state index in [2.05, 4.69) is 54.7 Å². The van der Waals surface area contributed by atoms with E-state index in [1.54, 1.807) is 11.6 Å². The summed E-state index contributed by atoms with van der Waals surface area (Å²) in [5.74, 6) is 0. The Hall–Kier alpha value is -2.75. The Kier molecular flexibility index (Phi) is 3.98. The highest BCUT2D eigenvalue weighted by Gasteiger charge is 2.14. The fourth-order valence-electron chi connectivity index (χ4n) is 4.01. The molecule has 0 saturated carbocycles. The van der Waals surface area contributed by atoms with Gasteiger partial charge in [-0.15, -0.1) is 0 Å². The lowest BCUT2D eigenvalue weighted by Gasteiger charge is -2.15. The number of nitrogens with zero attached hydrogens (tertiary/aromatic N) is 2. The van der Waals surface area contributed by atoms with Gasteiger partial charge in [-0.05, 0) is 43.5 Å². The molecule has 0 aliphatic heterocycles. The maximum Gasteiger partial charge on any atom is 0.274 e. The number of fused-ring (bicyclic) bond motifs is 2. The van der Waals surface area contributed by atoms with Crippen LogP contribution in [0.2, 0.25) is 0 Å². The molecule has 0 aliphatic rings. The Bertz CT molecular complexity index is 1160. The van der Waals surface area contributed by atoms with Crippen LogP contribution >= 0.6 is 0 Å². The molecule has 1 unspecified atom stereocenters. The largest absolute Gasteiger partial charge is 0.357 e. The van der Waals surface area contributed by atoms with E-state index in [1.807, 2.05) is 18.5 Å². The summed E-state index contributed by atoms with van der Waals surface area (Å²) < 4.78 is 4.05. The Morgan fingerprint density at radius 2 is 1.96 bits per heavy atom. The second-order valence-electron chi connectivity index (χ2n) is 7.31. The molecule has 1 atom stereocenters. The van der Waals surface area contributed by atoms with Gasteiger partial charge in [-0.1, -0.05) is 25.5 Å². The molecule has 0 radical (unpaired) electrons. The molecule has 4 rings (SSSR count). The molecule has 134 valence electrons. The number of pyridine rings is 1. The zero-order chi connectivity index (χ0) is 18.4. The molecule has 0 spiro atoms. The maximum absolute atomic E-state index is 12.3. The standard InChI is InChI=1S/C22H25N3O/c1-5-6-15(3)25-12-14(2)17-8-7-16(11-20(17)25)19-13-24(4)22(26)21-18(19)9-10-23-21/h7-13,15,23H,5-6H2,1-4H3. The van der Waals surface area contributed by atoms with Gasteiger partial charge in [-0.2, -0.15) is 0 Å². The quantitative estimate of drug-likeness (QED) is 0.544. The number of nitrogens with one attached hydrogen (secondary N) is 1. The van der Waals surface area contributed by atoms with Crippen molar-refractivity contribution in [2.75, 3.05) is 0 Å². The predicted molar refractivity (Wildman–Crippen MR) is 109 cm³/mol. The van der Waals surface area contributed by atoms with Gasteiger partial charge in [0.1, 0.15) is 5.52 Å². The molecule has 0 fully saturated rings. The van der Waals surface area contributed by atoms with Crippen molar-refractivity contribution >= 4 is 21.8 Å². The number of hydrogen-bond acceptors (Lipinski definition) is 1. The summed E-state index contributed by atoms with van der Waals surface area (Å²) in [4.78, 5) is 15.4. The van der Waals surface area contributed by atoms with E-state index in [9.17, 15) is 4.79 Å². The van der Waals surface area contributed by atoms with Gasteiger partial charge in [-0.25, -0.2) is 0 Å². The average Bonchev–Trinajstić information content (AvgIpc) is 3.23. The molecule has 4 nitrogen and oxygen atoms in total. The molecule has 0 bridgehead atoms. The number of benzene rings is 1. The van der Waals surface area contributed by atoms with Crippen LogP contribution < -0.4 is 5.56 Å². The summed E-state index contributed by atoms with van der Waals surface area (Å²) in [6.07, 6.45) is 8.38. The summed E-state index contributed by atoms with van der Waals surface area (Å²) in [6.45, 7) is 6.69. The van der Waals surface area contributed by atoms with Crippen LogP contribution in [0.5, 0.6) is 0 Å². The van der Waals surface area contributed by atoms with Crippen LogP contribution in [-0.4, -0.2) is 14.1 Å². The monoisotopic (exact) mass is 347 g/mol. The average molecular weight is 347 g/mol. The third kappa shape index (κ3) is 2.48. The van der Waals surface area contributed by atoms with Crippen molar-refractivity contribution in [3.63, 3.8) is 0 Å². The zero-order valence-electron chi connectivity index (χ0n) is 15.8. The maximum atomic E-state index is 12.3. The summed E-state index contributed by atoms with van der Waals surface area (Å²) in [5, 5.41) is 2.27. The molecular formula is C22H25N3O. The van der Waals surface area contributed by atoms with Crippen LogP contribution in [0.15, 0.2) is 47.7 Å². The topological polar surface area (TPSA) is 42.7 Å². The second-order valence-corrected chi connectivity index (χ2v) is 7.31. The third-order valence-corrected chi connectivity index (χ3v) is 5.42. The van der Waals surface area contributed by atoms with Gasteiger partial charge >= 0.3 is 0 Å². The Balaban J connectivity index is 1.96. The highest BCUT2D eigenvalue weighted by molar-refractivity contribution is 5.97. The van der Waals surface area contributed by atoms with Gasteiger partial charge in [-0.3, -0.25) is 4.79 Å². The molecule has 1 N–H and O–H groups in total. The van der Waals surface area contributed by atoms with E-state index in [4.69, 9.17) is 0 Å². The van der Waals surface area contributed by atoms with Crippen molar-refractivity contribution in [2.45, 2.75) is 39.7 Å². The predicted octanol–water partition coefficient (Wildman–Crippen LogP) is 5.16. The highest BCUT2D eigenvalue weighted by atomic mass is 16.1. The fraction of sp³-hybridized carbons (Fsp3) is 0.318. The molecule has 0 amide bonds. The third-order valence-electron chi connectivity index (χ3n) is 5.42. The van der Waals surface area contributed by atoms with Crippen molar-refractivity contribution < 1.29 is 0 Å². The van der Waals surface area contributed by atoms with E-state index in [0.29, 0.717) is 11.6 Å². The smallest absolute Gasteiger partial charge is 0.274 e. The minimum Gasteiger partial charge on any atom is -0.357 e. The van der Waals surface area contributed by atoms with Gasteiger partial charge in [0.25, 0.3) is 5.56 Å². The van der Waals surface area contributed by atoms with Crippen LogP contribution in [-0.2, 0) is 7.05 Å². The van der Waals surface area contributed by atoms with Crippen LogP contribution in [0.1, 0.15) is 38.3 Å². The minimum atomic E-state index is 0.00520. The lowest BCUT2D eigenvalue weighted by molar-refractivity contribution is 0.514. The molecule has 0 saturated heterocycles.